The van der Waals surface area contributed by atoms with Crippen LogP contribution in [0.4, 0.5) is 0 Å². The van der Waals surface area contributed by atoms with Gasteiger partial charge in [-0.1, -0.05) is 94.5 Å². The zero-order valence-electron chi connectivity index (χ0n) is 21.7. The summed E-state index contributed by atoms with van der Waals surface area (Å²) >= 11 is 0. The fraction of sp³-hybridized carbons (Fsp3) is 0.464. The molecule has 1 atom stereocenters. The molecule has 0 saturated carbocycles. The maximum Gasteiger partial charge on any atom is 0.346 e. The van der Waals surface area contributed by atoms with Gasteiger partial charge in [-0.05, 0) is 41.7 Å². The van der Waals surface area contributed by atoms with Crippen LogP contribution in [-0.2, 0) is 13.0 Å². The third-order valence-electron chi connectivity index (χ3n) is 6.84. The predicted octanol–water partition coefficient (Wildman–Crippen LogP) is 5.81. The van der Waals surface area contributed by atoms with E-state index in [1.807, 2.05) is 22.8 Å². The molecule has 0 aliphatic carbocycles. The van der Waals surface area contributed by atoms with Crippen molar-refractivity contribution in [1.82, 2.24) is 35.0 Å². The standard InChI is InChI=1S/C28H37N7O/c1-4-6-7-8-9-10-15-26-31-35(21(3)5-2)28(36)34(26)20-22-16-18-23(19-17-22)24-13-11-12-14-25(24)27-29-32-33-30-27/h11-14,16-19,21H,4-10,15,20H2,1-3H3,(H,29,30,32,33). The van der Waals surface area contributed by atoms with Gasteiger partial charge < -0.3 is 0 Å². The molecule has 0 spiro atoms. The molecule has 2 aromatic carbocycles. The van der Waals surface area contributed by atoms with Crippen LogP contribution in [0.25, 0.3) is 22.5 Å². The number of aromatic amines is 1. The monoisotopic (exact) mass is 487 g/mol. The Hall–Kier alpha value is -3.55. The molecule has 0 fully saturated rings. The minimum atomic E-state index is -0.0168. The predicted molar refractivity (Wildman–Crippen MR) is 143 cm³/mol. The van der Waals surface area contributed by atoms with Gasteiger partial charge in [0.2, 0.25) is 5.82 Å². The number of nitrogens with zero attached hydrogens (tertiary/aromatic N) is 6. The van der Waals surface area contributed by atoms with Crippen molar-refractivity contribution in [2.45, 2.75) is 84.7 Å². The summed E-state index contributed by atoms with van der Waals surface area (Å²) in [6, 6.07) is 16.5. The van der Waals surface area contributed by atoms with Gasteiger partial charge in [-0.3, -0.25) is 4.57 Å². The van der Waals surface area contributed by atoms with Gasteiger partial charge in [-0.15, -0.1) is 10.2 Å². The molecule has 0 aliphatic heterocycles. The molecule has 4 rings (SSSR count). The molecule has 0 saturated heterocycles. The first-order chi connectivity index (χ1) is 17.6. The summed E-state index contributed by atoms with van der Waals surface area (Å²) in [6.07, 6.45) is 9.03. The molecule has 0 bridgehead atoms. The number of hydrogen-bond donors (Lipinski definition) is 1. The Morgan fingerprint density at radius 1 is 0.917 bits per heavy atom. The summed E-state index contributed by atoms with van der Waals surface area (Å²) in [5.74, 6) is 1.46. The quantitative estimate of drug-likeness (QED) is 0.240. The average molecular weight is 488 g/mol. The van der Waals surface area contributed by atoms with Crippen molar-refractivity contribution in [2.24, 2.45) is 0 Å². The zero-order chi connectivity index (χ0) is 25.3. The maximum absolute atomic E-state index is 13.3. The van der Waals surface area contributed by atoms with Crippen LogP contribution in [0, 0.1) is 0 Å². The Morgan fingerprint density at radius 3 is 2.33 bits per heavy atom. The Labute approximate surface area is 212 Å². The lowest BCUT2D eigenvalue weighted by Gasteiger charge is -2.09. The number of rotatable bonds is 13. The lowest BCUT2D eigenvalue weighted by Crippen LogP contribution is -2.27. The molecule has 4 aromatic rings. The molecule has 1 unspecified atom stereocenters. The smallest absolute Gasteiger partial charge is 0.274 e. The first-order valence-electron chi connectivity index (χ1n) is 13.2. The van der Waals surface area contributed by atoms with E-state index in [0.29, 0.717) is 12.4 Å². The fourth-order valence-corrected chi connectivity index (χ4v) is 4.50. The molecule has 190 valence electrons. The van der Waals surface area contributed by atoms with Gasteiger partial charge in [0.05, 0.1) is 12.6 Å². The number of H-pyrrole nitrogens is 1. The van der Waals surface area contributed by atoms with Gasteiger partial charge in [0.25, 0.3) is 0 Å². The summed E-state index contributed by atoms with van der Waals surface area (Å²) in [7, 11) is 0. The SMILES string of the molecule is CCCCCCCCc1nn(C(C)CC)c(=O)n1Cc1ccc(-c2ccccc2-c2nn[nH]n2)cc1. The van der Waals surface area contributed by atoms with E-state index < -0.39 is 0 Å². The highest BCUT2D eigenvalue weighted by Crippen LogP contribution is 2.29. The highest BCUT2D eigenvalue weighted by atomic mass is 16.2. The largest absolute Gasteiger partial charge is 0.346 e. The van der Waals surface area contributed by atoms with Gasteiger partial charge in [0, 0.05) is 12.0 Å². The van der Waals surface area contributed by atoms with Crippen molar-refractivity contribution in [3.8, 4) is 22.5 Å². The molecule has 0 aliphatic rings. The topological polar surface area (TPSA) is 94.3 Å². The maximum atomic E-state index is 13.3. The van der Waals surface area contributed by atoms with Crippen LogP contribution in [-0.4, -0.2) is 35.0 Å². The minimum absolute atomic E-state index is 0.0168. The second-order valence-corrected chi connectivity index (χ2v) is 9.48. The minimum Gasteiger partial charge on any atom is -0.274 e. The lowest BCUT2D eigenvalue weighted by molar-refractivity contribution is 0.455. The van der Waals surface area contributed by atoms with Gasteiger partial charge in [-0.25, -0.2) is 9.48 Å². The second kappa shape index (κ2) is 12.4. The van der Waals surface area contributed by atoms with E-state index in [2.05, 4.69) is 71.7 Å². The summed E-state index contributed by atoms with van der Waals surface area (Å²) < 4.78 is 3.53. The first-order valence-corrected chi connectivity index (χ1v) is 13.2. The van der Waals surface area contributed by atoms with Crippen LogP contribution < -0.4 is 5.69 Å². The summed E-state index contributed by atoms with van der Waals surface area (Å²) in [5, 5.41) is 19.3. The number of nitrogens with one attached hydrogen (secondary N) is 1. The number of hydrogen-bond acceptors (Lipinski definition) is 5. The van der Waals surface area contributed by atoms with Crippen LogP contribution in [0.15, 0.2) is 53.3 Å². The van der Waals surface area contributed by atoms with Gasteiger partial charge in [0.15, 0.2) is 0 Å². The number of tetrazole rings is 1. The van der Waals surface area contributed by atoms with E-state index in [4.69, 9.17) is 5.10 Å². The van der Waals surface area contributed by atoms with Crippen LogP contribution in [0.2, 0.25) is 0 Å². The lowest BCUT2D eigenvalue weighted by atomic mass is 9.98. The Bertz CT molecular complexity index is 1270. The number of unbranched alkanes of at least 4 members (excludes halogenated alkanes) is 5. The van der Waals surface area contributed by atoms with Crippen LogP contribution in [0.3, 0.4) is 0 Å². The van der Waals surface area contributed by atoms with Crippen molar-refractivity contribution in [1.29, 1.82) is 0 Å². The van der Waals surface area contributed by atoms with Gasteiger partial charge in [-0.2, -0.15) is 10.3 Å². The summed E-state index contributed by atoms with van der Waals surface area (Å²) in [4.78, 5) is 13.3. The number of aryl methyl sites for hydroxylation is 1. The molecule has 8 heteroatoms. The van der Waals surface area contributed by atoms with E-state index in [0.717, 1.165) is 47.3 Å². The molecule has 0 radical (unpaired) electrons. The molecule has 8 nitrogen and oxygen atoms in total. The van der Waals surface area contributed by atoms with Crippen molar-refractivity contribution < 1.29 is 0 Å². The molecular weight excluding hydrogens is 450 g/mol. The van der Waals surface area contributed by atoms with E-state index in [9.17, 15) is 4.79 Å². The Kier molecular flexibility index (Phi) is 8.81. The second-order valence-electron chi connectivity index (χ2n) is 9.48. The molecule has 1 N–H and O–H groups in total. The van der Waals surface area contributed by atoms with E-state index in [1.54, 1.807) is 4.68 Å². The fourth-order valence-electron chi connectivity index (χ4n) is 4.50. The van der Waals surface area contributed by atoms with E-state index in [1.165, 1.54) is 32.1 Å². The highest BCUT2D eigenvalue weighted by Gasteiger charge is 2.17. The van der Waals surface area contributed by atoms with Crippen LogP contribution in [0.1, 0.15) is 83.1 Å². The van der Waals surface area contributed by atoms with Crippen LogP contribution >= 0.6 is 0 Å². The third-order valence-corrected chi connectivity index (χ3v) is 6.84. The normalized spacial score (nSPS) is 12.2. The first kappa shape index (κ1) is 25.5. The third kappa shape index (κ3) is 5.98. The number of aromatic nitrogens is 7. The van der Waals surface area contributed by atoms with Crippen molar-refractivity contribution >= 4 is 0 Å². The van der Waals surface area contributed by atoms with E-state index in [-0.39, 0.29) is 11.7 Å². The van der Waals surface area contributed by atoms with Gasteiger partial charge >= 0.3 is 5.69 Å². The molecular formula is C28H37N7O. The molecule has 2 aromatic heterocycles. The van der Waals surface area contributed by atoms with Crippen LogP contribution in [0.5, 0.6) is 0 Å². The zero-order valence-corrected chi connectivity index (χ0v) is 21.7. The molecule has 2 heterocycles. The van der Waals surface area contributed by atoms with Gasteiger partial charge in [0.1, 0.15) is 5.82 Å². The molecule has 36 heavy (non-hydrogen) atoms. The Morgan fingerprint density at radius 2 is 1.64 bits per heavy atom. The average Bonchev–Trinajstić information content (AvgIpc) is 3.55. The van der Waals surface area contributed by atoms with E-state index >= 15 is 0 Å². The Balaban J connectivity index is 1.53. The summed E-state index contributed by atoms with van der Waals surface area (Å²) in [5.41, 5.74) is 4.08. The number of benzene rings is 2. The summed E-state index contributed by atoms with van der Waals surface area (Å²) in [6.45, 7) is 6.91. The van der Waals surface area contributed by atoms with Crippen molar-refractivity contribution in [2.75, 3.05) is 0 Å². The van der Waals surface area contributed by atoms with Crippen molar-refractivity contribution in [3.05, 3.63) is 70.4 Å². The highest BCUT2D eigenvalue weighted by molar-refractivity contribution is 5.80. The molecule has 0 amide bonds. The van der Waals surface area contributed by atoms with Crippen molar-refractivity contribution in [3.63, 3.8) is 0 Å².